The number of amides is 1. The van der Waals surface area contributed by atoms with E-state index < -0.39 is 5.91 Å². The molecular formula is C21H19IN2O3. The van der Waals surface area contributed by atoms with Gasteiger partial charge in [0.15, 0.2) is 0 Å². The lowest BCUT2D eigenvalue weighted by Gasteiger charge is -2.08. The Balaban J connectivity index is 2.12. The van der Waals surface area contributed by atoms with Crippen molar-refractivity contribution >= 4 is 40.3 Å². The van der Waals surface area contributed by atoms with E-state index in [1.54, 1.807) is 48.6 Å². The van der Waals surface area contributed by atoms with Crippen LogP contribution in [0.3, 0.4) is 0 Å². The fourth-order valence-corrected chi connectivity index (χ4v) is 2.88. The molecule has 0 saturated carbocycles. The van der Waals surface area contributed by atoms with E-state index in [9.17, 15) is 10.1 Å². The van der Waals surface area contributed by atoms with E-state index in [1.807, 2.05) is 19.1 Å². The minimum atomic E-state index is -0.469. The summed E-state index contributed by atoms with van der Waals surface area (Å²) >= 11 is 2.15. The number of anilines is 1. The van der Waals surface area contributed by atoms with Crippen molar-refractivity contribution in [2.75, 3.05) is 18.5 Å². The Hall–Kier alpha value is -2.79. The summed E-state index contributed by atoms with van der Waals surface area (Å²) in [5, 5.41) is 12.1. The molecule has 0 spiro atoms. The number of benzene rings is 2. The maximum absolute atomic E-state index is 12.4. The van der Waals surface area contributed by atoms with Gasteiger partial charge in [0.05, 0.1) is 10.2 Å². The summed E-state index contributed by atoms with van der Waals surface area (Å²) in [7, 11) is 0. The van der Waals surface area contributed by atoms with E-state index in [0.29, 0.717) is 18.9 Å². The van der Waals surface area contributed by atoms with Crippen molar-refractivity contribution in [3.63, 3.8) is 0 Å². The molecule has 2 aromatic carbocycles. The number of halogens is 1. The molecule has 27 heavy (non-hydrogen) atoms. The molecule has 0 aliphatic rings. The number of carbonyl (C=O) groups is 1. The van der Waals surface area contributed by atoms with Gasteiger partial charge in [0.25, 0.3) is 5.91 Å². The molecule has 2 rings (SSSR count). The number of hydrogen-bond donors (Lipinski definition) is 1. The number of carbonyl (C=O) groups excluding carboxylic acids is 1. The van der Waals surface area contributed by atoms with Crippen LogP contribution >= 0.6 is 22.6 Å². The zero-order chi connectivity index (χ0) is 19.6. The van der Waals surface area contributed by atoms with Crippen LogP contribution in [0.2, 0.25) is 0 Å². The van der Waals surface area contributed by atoms with Gasteiger partial charge in [0.2, 0.25) is 0 Å². The molecule has 1 N–H and O–H groups in total. The number of hydrogen-bond acceptors (Lipinski definition) is 4. The lowest BCUT2D eigenvalue weighted by molar-refractivity contribution is -0.112. The highest BCUT2D eigenvalue weighted by atomic mass is 127. The maximum Gasteiger partial charge on any atom is 0.266 e. The third kappa shape index (κ3) is 6.15. The van der Waals surface area contributed by atoms with Crippen molar-refractivity contribution in [3.05, 3.63) is 69.8 Å². The molecule has 5 nitrogen and oxygen atoms in total. The van der Waals surface area contributed by atoms with Gasteiger partial charge in [-0.05, 0) is 77.6 Å². The average Bonchev–Trinajstić information content (AvgIpc) is 2.67. The zero-order valence-electron chi connectivity index (χ0n) is 14.9. The molecule has 1 amide bonds. The summed E-state index contributed by atoms with van der Waals surface area (Å²) < 4.78 is 11.8. The summed E-state index contributed by atoms with van der Waals surface area (Å²) in [6, 6.07) is 14.4. The molecule has 0 aliphatic carbocycles. The number of nitrogens with zero attached hydrogens (tertiary/aromatic N) is 1. The van der Waals surface area contributed by atoms with E-state index in [1.165, 1.54) is 0 Å². The molecule has 0 aliphatic heterocycles. The lowest BCUT2D eigenvalue weighted by Crippen LogP contribution is -2.13. The van der Waals surface area contributed by atoms with E-state index in [0.717, 1.165) is 20.6 Å². The minimum absolute atomic E-state index is 0.0134. The molecule has 0 fully saturated rings. The Kier molecular flexibility index (Phi) is 7.89. The number of rotatable bonds is 8. The van der Waals surface area contributed by atoms with Crippen LogP contribution in [-0.4, -0.2) is 19.1 Å². The standard InChI is InChI=1S/C21H19IN2O3/c1-3-11-27-20-10-5-15(13-19(20)22)12-16(14-23)21(25)24-17-6-8-18(9-7-17)26-4-2/h3,5-10,12-13H,1,4,11H2,2H3,(H,24,25)/b16-12-. The van der Waals surface area contributed by atoms with Gasteiger partial charge in [0, 0.05) is 5.69 Å². The molecular weight excluding hydrogens is 455 g/mol. The quantitative estimate of drug-likeness (QED) is 0.258. The van der Waals surface area contributed by atoms with Crippen LogP contribution in [0.5, 0.6) is 11.5 Å². The normalized spacial score (nSPS) is 10.6. The number of nitrogens with one attached hydrogen (secondary N) is 1. The topological polar surface area (TPSA) is 71.3 Å². The summed E-state index contributed by atoms with van der Waals surface area (Å²) in [6.07, 6.45) is 3.21. The van der Waals surface area contributed by atoms with Crippen molar-refractivity contribution in [2.45, 2.75) is 6.92 Å². The van der Waals surface area contributed by atoms with Gasteiger partial charge in [-0.1, -0.05) is 18.7 Å². The summed E-state index contributed by atoms with van der Waals surface area (Å²) in [6.45, 7) is 6.51. The first kappa shape index (κ1) is 20.5. The summed E-state index contributed by atoms with van der Waals surface area (Å²) in [5.74, 6) is 0.980. The van der Waals surface area contributed by atoms with Crippen LogP contribution in [-0.2, 0) is 4.79 Å². The highest BCUT2D eigenvalue weighted by molar-refractivity contribution is 14.1. The van der Waals surface area contributed by atoms with Crippen molar-refractivity contribution < 1.29 is 14.3 Å². The number of ether oxygens (including phenoxy) is 2. The number of nitriles is 1. The highest BCUT2D eigenvalue weighted by Crippen LogP contribution is 2.23. The molecule has 0 atom stereocenters. The Morgan fingerprint density at radius 2 is 2.00 bits per heavy atom. The van der Waals surface area contributed by atoms with Crippen LogP contribution < -0.4 is 14.8 Å². The fourth-order valence-electron chi connectivity index (χ4n) is 2.19. The highest BCUT2D eigenvalue weighted by Gasteiger charge is 2.10. The Labute approximate surface area is 172 Å². The van der Waals surface area contributed by atoms with E-state index in [2.05, 4.69) is 34.5 Å². The van der Waals surface area contributed by atoms with Crippen LogP contribution in [0.25, 0.3) is 6.08 Å². The molecule has 0 unspecified atom stereocenters. The Morgan fingerprint density at radius 1 is 1.26 bits per heavy atom. The average molecular weight is 474 g/mol. The van der Waals surface area contributed by atoms with Gasteiger partial charge in [-0.15, -0.1) is 0 Å². The fraction of sp³-hybridized carbons (Fsp3) is 0.143. The van der Waals surface area contributed by atoms with E-state index in [4.69, 9.17) is 9.47 Å². The molecule has 0 bridgehead atoms. The molecule has 6 heteroatoms. The molecule has 0 radical (unpaired) electrons. The van der Waals surface area contributed by atoms with Crippen LogP contribution in [0, 0.1) is 14.9 Å². The largest absolute Gasteiger partial charge is 0.494 e. The van der Waals surface area contributed by atoms with Gasteiger partial charge < -0.3 is 14.8 Å². The minimum Gasteiger partial charge on any atom is -0.494 e. The van der Waals surface area contributed by atoms with Crippen molar-refractivity contribution in [1.29, 1.82) is 5.26 Å². The van der Waals surface area contributed by atoms with Crippen LogP contribution in [0.4, 0.5) is 5.69 Å². The second-order valence-electron chi connectivity index (χ2n) is 5.37. The summed E-state index contributed by atoms with van der Waals surface area (Å²) in [4.78, 5) is 12.4. The van der Waals surface area contributed by atoms with Gasteiger partial charge in [0.1, 0.15) is 29.7 Å². The van der Waals surface area contributed by atoms with Gasteiger partial charge in [-0.25, -0.2) is 0 Å². The third-order valence-electron chi connectivity index (χ3n) is 3.41. The van der Waals surface area contributed by atoms with Crippen molar-refractivity contribution in [1.82, 2.24) is 0 Å². The zero-order valence-corrected chi connectivity index (χ0v) is 17.0. The maximum atomic E-state index is 12.4. The summed E-state index contributed by atoms with van der Waals surface area (Å²) in [5.41, 5.74) is 1.34. The van der Waals surface area contributed by atoms with E-state index in [-0.39, 0.29) is 5.57 Å². The predicted molar refractivity (Wildman–Crippen MR) is 115 cm³/mol. The SMILES string of the molecule is C=CCOc1ccc(/C=C(/C#N)C(=O)Nc2ccc(OCC)cc2)cc1I. The predicted octanol–water partition coefficient (Wildman–Crippen LogP) is 4.80. The van der Waals surface area contributed by atoms with Gasteiger partial charge in [-0.3, -0.25) is 4.79 Å². The van der Waals surface area contributed by atoms with Gasteiger partial charge >= 0.3 is 0 Å². The third-order valence-corrected chi connectivity index (χ3v) is 4.25. The smallest absolute Gasteiger partial charge is 0.266 e. The molecule has 0 saturated heterocycles. The molecule has 0 heterocycles. The van der Waals surface area contributed by atoms with Crippen LogP contribution in [0.15, 0.2) is 60.7 Å². The monoisotopic (exact) mass is 474 g/mol. The van der Waals surface area contributed by atoms with Crippen LogP contribution in [0.1, 0.15) is 12.5 Å². The van der Waals surface area contributed by atoms with Crippen molar-refractivity contribution in [2.24, 2.45) is 0 Å². The first-order chi connectivity index (χ1) is 13.1. The molecule has 138 valence electrons. The Morgan fingerprint density at radius 3 is 2.59 bits per heavy atom. The van der Waals surface area contributed by atoms with Gasteiger partial charge in [-0.2, -0.15) is 5.26 Å². The lowest BCUT2D eigenvalue weighted by atomic mass is 10.1. The van der Waals surface area contributed by atoms with Crippen molar-refractivity contribution in [3.8, 4) is 17.6 Å². The van der Waals surface area contributed by atoms with E-state index >= 15 is 0 Å². The molecule has 2 aromatic rings. The molecule has 0 aromatic heterocycles. The second-order valence-corrected chi connectivity index (χ2v) is 6.53. The first-order valence-corrected chi connectivity index (χ1v) is 9.34. The second kappa shape index (κ2) is 10.4. The Bertz CT molecular complexity index is 883. The first-order valence-electron chi connectivity index (χ1n) is 8.26.